The van der Waals surface area contributed by atoms with Crippen molar-refractivity contribution in [3.05, 3.63) is 82.6 Å². The van der Waals surface area contributed by atoms with Crippen molar-refractivity contribution in [2.45, 2.75) is 39.8 Å². The van der Waals surface area contributed by atoms with Crippen LogP contribution in [-0.2, 0) is 22.5 Å². The first kappa shape index (κ1) is 22.6. The first-order valence-electron chi connectivity index (χ1n) is 10.9. The molecule has 0 aromatic heterocycles. The molecule has 2 aromatic carbocycles. The summed E-state index contributed by atoms with van der Waals surface area (Å²) in [7, 11) is 0. The van der Waals surface area contributed by atoms with E-state index < -0.39 is 12.0 Å². The van der Waals surface area contributed by atoms with E-state index in [1.165, 1.54) is 11.1 Å². The maximum Gasteiger partial charge on any atom is 0.338 e. The molecule has 1 aliphatic heterocycles. The minimum atomic E-state index is -0.552. The lowest BCUT2D eigenvalue weighted by Gasteiger charge is -2.32. The van der Waals surface area contributed by atoms with Gasteiger partial charge in [0.1, 0.15) is 0 Å². The number of carbonyl (C=O) groups excluding carboxylic acids is 2. The van der Waals surface area contributed by atoms with Gasteiger partial charge in [0.2, 0.25) is 0 Å². The Morgan fingerprint density at radius 1 is 0.968 bits per heavy atom. The van der Waals surface area contributed by atoms with Crippen LogP contribution in [0.25, 0.3) is 0 Å². The van der Waals surface area contributed by atoms with E-state index in [1.54, 1.807) is 6.92 Å². The van der Waals surface area contributed by atoms with Crippen molar-refractivity contribution in [3.63, 3.8) is 0 Å². The molecule has 0 spiro atoms. The summed E-state index contributed by atoms with van der Waals surface area (Å²) in [5.74, 6) is -0.412. The lowest BCUT2D eigenvalue weighted by atomic mass is 9.94. The molecule has 164 valence electrons. The molecule has 0 aliphatic carbocycles. The van der Waals surface area contributed by atoms with Crippen LogP contribution in [0, 0.1) is 0 Å². The molecule has 2 aromatic rings. The molecular formula is C25H31N3O3. The van der Waals surface area contributed by atoms with Gasteiger partial charge in [-0.1, -0.05) is 68.4 Å². The average molecular weight is 422 g/mol. The first-order chi connectivity index (χ1) is 15.0. The van der Waals surface area contributed by atoms with Gasteiger partial charge in [-0.15, -0.1) is 0 Å². The number of carbonyl (C=O) groups is 2. The number of aryl methyl sites for hydroxylation is 1. The average Bonchev–Trinajstić information content (AvgIpc) is 2.79. The molecule has 3 rings (SSSR count). The molecule has 1 heterocycles. The van der Waals surface area contributed by atoms with Crippen molar-refractivity contribution in [3.8, 4) is 0 Å². The summed E-state index contributed by atoms with van der Waals surface area (Å²) in [6.45, 7) is 8.14. The van der Waals surface area contributed by atoms with Crippen LogP contribution >= 0.6 is 0 Å². The fourth-order valence-electron chi connectivity index (χ4n) is 3.73. The standard InChI is InChI=1S/C25H31N3O3/c1-4-18-12-14-20(15-13-18)23-22(24(29)31-6-3)21(26-25(30)27-23)17-28(5-2)16-19-10-8-7-9-11-19/h7-15,23H,4-6,16-17H2,1-3H3,(H2,26,27,30). The van der Waals surface area contributed by atoms with Crippen molar-refractivity contribution in [1.82, 2.24) is 15.5 Å². The minimum absolute atomic E-state index is 0.270. The summed E-state index contributed by atoms with van der Waals surface area (Å²) >= 11 is 0. The number of esters is 1. The second kappa shape index (κ2) is 10.8. The smallest absolute Gasteiger partial charge is 0.338 e. The van der Waals surface area contributed by atoms with Crippen LogP contribution < -0.4 is 10.6 Å². The molecule has 0 bridgehead atoms. The van der Waals surface area contributed by atoms with Crippen LogP contribution in [0.1, 0.15) is 43.5 Å². The second-order valence-electron chi connectivity index (χ2n) is 7.53. The lowest BCUT2D eigenvalue weighted by molar-refractivity contribution is -0.139. The maximum absolute atomic E-state index is 13.0. The number of urea groups is 1. The van der Waals surface area contributed by atoms with Gasteiger partial charge in [-0.2, -0.15) is 0 Å². The predicted molar refractivity (Wildman–Crippen MR) is 121 cm³/mol. The zero-order valence-electron chi connectivity index (χ0n) is 18.5. The largest absolute Gasteiger partial charge is 0.463 e. The van der Waals surface area contributed by atoms with Crippen LogP contribution in [0.2, 0.25) is 0 Å². The van der Waals surface area contributed by atoms with Gasteiger partial charge in [-0.05, 0) is 36.6 Å². The number of hydrogen-bond donors (Lipinski definition) is 2. The number of benzene rings is 2. The van der Waals surface area contributed by atoms with Gasteiger partial charge in [0.15, 0.2) is 0 Å². The van der Waals surface area contributed by atoms with Gasteiger partial charge in [-0.25, -0.2) is 9.59 Å². The monoisotopic (exact) mass is 421 g/mol. The Hall–Kier alpha value is -3.12. The van der Waals surface area contributed by atoms with E-state index >= 15 is 0 Å². The second-order valence-corrected chi connectivity index (χ2v) is 7.53. The molecule has 0 radical (unpaired) electrons. The Morgan fingerprint density at radius 3 is 2.29 bits per heavy atom. The zero-order chi connectivity index (χ0) is 22.2. The molecule has 1 unspecified atom stereocenters. The normalized spacial score (nSPS) is 16.1. The molecule has 0 fully saturated rings. The van der Waals surface area contributed by atoms with E-state index in [2.05, 4.69) is 41.5 Å². The maximum atomic E-state index is 13.0. The molecule has 1 atom stereocenters. The minimum Gasteiger partial charge on any atom is -0.463 e. The highest BCUT2D eigenvalue weighted by atomic mass is 16.5. The third-order valence-corrected chi connectivity index (χ3v) is 5.45. The number of hydrogen-bond acceptors (Lipinski definition) is 4. The fraction of sp³-hybridized carbons (Fsp3) is 0.360. The molecule has 2 amide bonds. The van der Waals surface area contributed by atoms with Crippen LogP contribution in [0.3, 0.4) is 0 Å². The van der Waals surface area contributed by atoms with Crippen molar-refractivity contribution in [2.24, 2.45) is 0 Å². The number of nitrogens with one attached hydrogen (secondary N) is 2. The summed E-state index contributed by atoms with van der Waals surface area (Å²) in [5.41, 5.74) is 4.28. The van der Waals surface area contributed by atoms with Gasteiger partial charge in [-0.3, -0.25) is 4.90 Å². The molecule has 0 saturated carbocycles. The van der Waals surface area contributed by atoms with Gasteiger partial charge in [0, 0.05) is 18.8 Å². The van der Waals surface area contributed by atoms with Gasteiger partial charge < -0.3 is 15.4 Å². The highest BCUT2D eigenvalue weighted by Crippen LogP contribution is 2.28. The Labute approximate surface area is 184 Å². The van der Waals surface area contributed by atoms with E-state index in [9.17, 15) is 9.59 Å². The Balaban J connectivity index is 1.96. The predicted octanol–water partition coefficient (Wildman–Crippen LogP) is 3.94. The number of ether oxygens (including phenoxy) is 1. The number of nitrogens with zero attached hydrogens (tertiary/aromatic N) is 1. The quantitative estimate of drug-likeness (QED) is 0.602. The number of rotatable bonds is 9. The highest BCUT2D eigenvalue weighted by Gasteiger charge is 2.34. The zero-order valence-corrected chi connectivity index (χ0v) is 18.5. The Bertz CT molecular complexity index is 923. The highest BCUT2D eigenvalue weighted by molar-refractivity contribution is 5.95. The Kier molecular flexibility index (Phi) is 7.84. The van der Waals surface area contributed by atoms with Crippen molar-refractivity contribution < 1.29 is 14.3 Å². The summed E-state index contributed by atoms with van der Waals surface area (Å²) < 4.78 is 5.37. The summed E-state index contributed by atoms with van der Waals surface area (Å²) in [6.07, 6.45) is 0.926. The van der Waals surface area contributed by atoms with Crippen LogP contribution in [0.15, 0.2) is 65.9 Å². The molecule has 31 heavy (non-hydrogen) atoms. The Morgan fingerprint density at radius 2 is 1.68 bits per heavy atom. The fourth-order valence-corrected chi connectivity index (χ4v) is 3.73. The third kappa shape index (κ3) is 5.73. The summed E-state index contributed by atoms with van der Waals surface area (Å²) in [4.78, 5) is 27.7. The lowest BCUT2D eigenvalue weighted by Crippen LogP contribution is -2.48. The molecule has 6 nitrogen and oxygen atoms in total. The summed E-state index contributed by atoms with van der Waals surface area (Å²) in [6, 6.07) is 17.3. The number of likely N-dealkylation sites (N-methyl/N-ethyl adjacent to an activating group) is 1. The van der Waals surface area contributed by atoms with E-state index in [-0.39, 0.29) is 12.6 Å². The van der Waals surface area contributed by atoms with Gasteiger partial charge in [0.05, 0.1) is 18.2 Å². The topological polar surface area (TPSA) is 70.7 Å². The van der Waals surface area contributed by atoms with Crippen molar-refractivity contribution in [1.29, 1.82) is 0 Å². The van der Waals surface area contributed by atoms with Crippen molar-refractivity contribution >= 4 is 12.0 Å². The molecule has 6 heteroatoms. The van der Waals surface area contributed by atoms with Gasteiger partial charge >= 0.3 is 12.0 Å². The van der Waals surface area contributed by atoms with Gasteiger partial charge in [0.25, 0.3) is 0 Å². The van der Waals surface area contributed by atoms with Crippen LogP contribution in [0.5, 0.6) is 0 Å². The molecule has 1 aliphatic rings. The first-order valence-corrected chi connectivity index (χ1v) is 10.9. The summed E-state index contributed by atoms with van der Waals surface area (Å²) in [5, 5.41) is 5.77. The van der Waals surface area contributed by atoms with Crippen LogP contribution in [-0.4, -0.2) is 36.6 Å². The number of amides is 2. The van der Waals surface area contributed by atoms with Crippen LogP contribution in [0.4, 0.5) is 4.79 Å². The SMILES string of the molecule is CCOC(=O)C1=C(CN(CC)Cc2ccccc2)NC(=O)NC1c1ccc(CC)cc1. The van der Waals surface area contributed by atoms with E-state index in [0.29, 0.717) is 17.8 Å². The van der Waals surface area contributed by atoms with Crippen molar-refractivity contribution in [2.75, 3.05) is 19.7 Å². The van der Waals surface area contributed by atoms with E-state index in [1.807, 2.05) is 42.5 Å². The molecule has 0 saturated heterocycles. The van der Waals surface area contributed by atoms with E-state index in [4.69, 9.17) is 4.74 Å². The molecular weight excluding hydrogens is 390 g/mol. The van der Waals surface area contributed by atoms with E-state index in [0.717, 1.165) is 25.1 Å². The molecule has 2 N–H and O–H groups in total. The third-order valence-electron chi connectivity index (χ3n) is 5.45.